The fourth-order valence-electron chi connectivity index (χ4n) is 0.996. The van der Waals surface area contributed by atoms with Crippen molar-refractivity contribution in [1.82, 2.24) is 0 Å². The predicted molar refractivity (Wildman–Crippen MR) is 73.2 cm³/mol. The summed E-state index contributed by atoms with van der Waals surface area (Å²) in [6.45, 7) is 6.71. The molecule has 0 aromatic carbocycles. The highest BCUT2D eigenvalue weighted by molar-refractivity contribution is 7.47. The van der Waals surface area contributed by atoms with E-state index in [1.54, 1.807) is 13.8 Å². The molecule has 10 heteroatoms. The lowest BCUT2D eigenvalue weighted by Crippen LogP contribution is -2.06. The van der Waals surface area contributed by atoms with Crippen LogP contribution in [0.2, 0.25) is 0 Å². The standard InChI is InChI=1S/C10H24O8P2/c1-9(2)8-17-19(11,12)15-6-5-7-16-20(13,14)18-10(3)4/h9-10H,5-8H2,1-4H3,(H,11,12)(H,13,14). The third-order valence-corrected chi connectivity index (χ3v) is 3.89. The average Bonchev–Trinajstić information content (AvgIpc) is 2.24. The lowest BCUT2D eigenvalue weighted by atomic mass is 10.2. The van der Waals surface area contributed by atoms with Gasteiger partial charge in [-0.25, -0.2) is 9.13 Å². The zero-order valence-corrected chi connectivity index (χ0v) is 14.0. The van der Waals surface area contributed by atoms with Crippen LogP contribution in [0.5, 0.6) is 0 Å². The van der Waals surface area contributed by atoms with E-state index in [4.69, 9.17) is 4.52 Å². The van der Waals surface area contributed by atoms with Gasteiger partial charge in [0.25, 0.3) is 0 Å². The van der Waals surface area contributed by atoms with E-state index in [1.807, 2.05) is 13.8 Å². The molecule has 0 aliphatic heterocycles. The molecule has 0 heterocycles. The van der Waals surface area contributed by atoms with Crippen LogP contribution in [0.1, 0.15) is 34.1 Å². The molecule has 20 heavy (non-hydrogen) atoms. The number of phosphoric ester groups is 2. The molecule has 0 saturated heterocycles. The van der Waals surface area contributed by atoms with Crippen molar-refractivity contribution in [3.8, 4) is 0 Å². The molecule has 0 aromatic heterocycles. The highest BCUT2D eigenvalue weighted by Gasteiger charge is 2.23. The summed E-state index contributed by atoms with van der Waals surface area (Å²) in [5, 5.41) is 0. The van der Waals surface area contributed by atoms with Crippen LogP contribution >= 0.6 is 15.6 Å². The van der Waals surface area contributed by atoms with E-state index >= 15 is 0 Å². The largest absolute Gasteiger partial charge is 0.472 e. The van der Waals surface area contributed by atoms with Gasteiger partial charge in [-0.05, 0) is 26.2 Å². The third kappa shape index (κ3) is 12.0. The molecular weight excluding hydrogens is 310 g/mol. The summed E-state index contributed by atoms with van der Waals surface area (Å²) < 4.78 is 41.4. The second kappa shape index (κ2) is 9.28. The Bertz CT molecular complexity index is 357. The Hall–Kier alpha value is 0.220. The molecule has 8 nitrogen and oxygen atoms in total. The van der Waals surface area contributed by atoms with Gasteiger partial charge in [0, 0.05) is 0 Å². The molecule has 2 N–H and O–H groups in total. The first-order valence-electron chi connectivity index (χ1n) is 6.31. The molecule has 0 aliphatic rings. The minimum absolute atomic E-state index is 0.107. The molecule has 0 bridgehead atoms. The molecule has 0 radical (unpaired) electrons. The Balaban J connectivity index is 3.81. The van der Waals surface area contributed by atoms with Crippen LogP contribution in [-0.2, 0) is 27.2 Å². The molecule has 2 atom stereocenters. The van der Waals surface area contributed by atoms with E-state index in [9.17, 15) is 18.9 Å². The fraction of sp³-hybridized carbons (Fsp3) is 1.00. The predicted octanol–water partition coefficient (Wildman–Crippen LogP) is 2.71. The maximum atomic E-state index is 11.4. The van der Waals surface area contributed by atoms with Gasteiger partial charge in [0.2, 0.25) is 0 Å². The van der Waals surface area contributed by atoms with Crippen molar-refractivity contribution in [2.75, 3.05) is 19.8 Å². The zero-order valence-electron chi connectivity index (χ0n) is 12.2. The summed E-state index contributed by atoms with van der Waals surface area (Å²) in [6, 6.07) is 0. The van der Waals surface area contributed by atoms with Crippen LogP contribution in [0.3, 0.4) is 0 Å². The Morgan fingerprint density at radius 1 is 0.900 bits per heavy atom. The zero-order chi connectivity index (χ0) is 15.8. The molecular formula is C10H24O8P2. The first-order valence-corrected chi connectivity index (χ1v) is 9.31. The number of phosphoric acid groups is 2. The van der Waals surface area contributed by atoms with E-state index < -0.39 is 21.7 Å². The van der Waals surface area contributed by atoms with E-state index in [0.29, 0.717) is 0 Å². The van der Waals surface area contributed by atoms with Gasteiger partial charge in [0.05, 0.1) is 25.9 Å². The smallest absolute Gasteiger partial charge is 0.302 e. The number of hydrogen-bond acceptors (Lipinski definition) is 6. The van der Waals surface area contributed by atoms with Crippen LogP contribution in [0.25, 0.3) is 0 Å². The summed E-state index contributed by atoms with van der Waals surface area (Å²) in [4.78, 5) is 18.5. The molecule has 0 spiro atoms. The number of rotatable bonds is 11. The molecule has 0 saturated carbocycles. The Morgan fingerprint density at radius 2 is 1.40 bits per heavy atom. The maximum absolute atomic E-state index is 11.4. The van der Waals surface area contributed by atoms with Crippen molar-refractivity contribution in [3.05, 3.63) is 0 Å². The summed E-state index contributed by atoms with van der Waals surface area (Å²) in [5.74, 6) is 0.107. The van der Waals surface area contributed by atoms with Gasteiger partial charge in [-0.1, -0.05) is 13.8 Å². The lowest BCUT2D eigenvalue weighted by molar-refractivity contribution is 0.106. The van der Waals surface area contributed by atoms with E-state index in [2.05, 4.69) is 13.6 Å². The molecule has 2 unspecified atom stereocenters. The van der Waals surface area contributed by atoms with Crippen LogP contribution in [-0.4, -0.2) is 35.7 Å². The summed E-state index contributed by atoms with van der Waals surface area (Å²) >= 11 is 0. The molecule has 122 valence electrons. The summed E-state index contributed by atoms with van der Waals surface area (Å²) in [6.07, 6.45) is -0.286. The van der Waals surface area contributed by atoms with Gasteiger partial charge in [-0.2, -0.15) is 0 Å². The Kier molecular flexibility index (Phi) is 9.38. The van der Waals surface area contributed by atoms with Gasteiger partial charge in [-0.15, -0.1) is 0 Å². The van der Waals surface area contributed by atoms with Crippen molar-refractivity contribution >= 4 is 15.6 Å². The highest BCUT2D eigenvalue weighted by atomic mass is 31.2. The Morgan fingerprint density at radius 3 is 1.85 bits per heavy atom. The fourth-order valence-corrected chi connectivity index (χ4v) is 2.87. The average molecular weight is 334 g/mol. The van der Waals surface area contributed by atoms with Crippen LogP contribution < -0.4 is 0 Å². The van der Waals surface area contributed by atoms with Crippen molar-refractivity contribution in [2.45, 2.75) is 40.2 Å². The van der Waals surface area contributed by atoms with Gasteiger partial charge >= 0.3 is 15.6 Å². The first kappa shape index (κ1) is 20.2. The van der Waals surface area contributed by atoms with Crippen LogP contribution in [0.4, 0.5) is 0 Å². The van der Waals surface area contributed by atoms with Crippen molar-refractivity contribution in [3.63, 3.8) is 0 Å². The van der Waals surface area contributed by atoms with Crippen molar-refractivity contribution in [2.24, 2.45) is 5.92 Å². The lowest BCUT2D eigenvalue weighted by Gasteiger charge is -2.15. The van der Waals surface area contributed by atoms with E-state index in [1.165, 1.54) is 0 Å². The minimum atomic E-state index is -4.07. The molecule has 0 amide bonds. The second-order valence-corrected chi connectivity index (χ2v) is 7.66. The SMILES string of the molecule is CC(C)COP(=O)(O)OCCCOP(=O)(O)OC(C)C. The van der Waals surface area contributed by atoms with Crippen molar-refractivity contribution in [1.29, 1.82) is 0 Å². The Labute approximate surface area is 119 Å². The topological polar surface area (TPSA) is 112 Å². The quantitative estimate of drug-likeness (QED) is 0.438. The van der Waals surface area contributed by atoms with Gasteiger partial charge in [0.1, 0.15) is 0 Å². The molecule has 0 rings (SSSR count). The van der Waals surface area contributed by atoms with E-state index in [0.717, 1.165) is 0 Å². The normalized spacial score (nSPS) is 18.2. The molecule has 0 aromatic rings. The van der Waals surface area contributed by atoms with Crippen molar-refractivity contribution < 1.29 is 37.0 Å². The second-order valence-electron chi connectivity index (χ2n) is 4.80. The number of hydrogen-bond donors (Lipinski definition) is 2. The minimum Gasteiger partial charge on any atom is -0.302 e. The summed E-state index contributed by atoms with van der Waals surface area (Å²) in [5.41, 5.74) is 0. The third-order valence-electron chi connectivity index (χ3n) is 1.71. The molecule has 0 fully saturated rings. The van der Waals surface area contributed by atoms with Gasteiger partial charge in [-0.3, -0.25) is 18.1 Å². The highest BCUT2D eigenvalue weighted by Crippen LogP contribution is 2.45. The maximum Gasteiger partial charge on any atom is 0.472 e. The molecule has 0 aliphatic carbocycles. The van der Waals surface area contributed by atoms with Gasteiger partial charge in [0.15, 0.2) is 0 Å². The van der Waals surface area contributed by atoms with Crippen LogP contribution in [0.15, 0.2) is 0 Å². The first-order chi connectivity index (χ1) is 9.04. The monoisotopic (exact) mass is 334 g/mol. The van der Waals surface area contributed by atoms with E-state index in [-0.39, 0.29) is 32.2 Å². The van der Waals surface area contributed by atoms with Gasteiger partial charge < -0.3 is 9.79 Å². The summed E-state index contributed by atoms with van der Waals surface area (Å²) in [7, 11) is -8.14. The van der Waals surface area contributed by atoms with Crippen LogP contribution in [0, 0.1) is 5.92 Å².